The number of piperidine rings is 1. The first kappa shape index (κ1) is 12.8. The van der Waals surface area contributed by atoms with Crippen LogP contribution in [0.3, 0.4) is 0 Å². The van der Waals surface area contributed by atoms with E-state index in [-0.39, 0.29) is 5.91 Å². The second kappa shape index (κ2) is 5.30. The Labute approximate surface area is 107 Å². The van der Waals surface area contributed by atoms with E-state index in [1.54, 1.807) is 0 Å². The van der Waals surface area contributed by atoms with Gasteiger partial charge < -0.3 is 10.3 Å². The largest absolute Gasteiger partial charge is 0.337 e. The predicted octanol–water partition coefficient (Wildman–Crippen LogP) is 0.880. The van der Waals surface area contributed by atoms with Crippen LogP contribution in [0.2, 0.25) is 0 Å². The van der Waals surface area contributed by atoms with Gasteiger partial charge in [-0.15, -0.1) is 0 Å². The standard InChI is InChI=1S/C12H19N5O/c1-8-3-4-17(7-9(8)2)12(18)10-5-14-6-11(15-10)16-13/h5-6,8-9H,3-4,7,13H2,1-2H3,(H,15,16). The first-order valence-electron chi connectivity index (χ1n) is 6.19. The smallest absolute Gasteiger partial charge is 0.274 e. The fourth-order valence-electron chi connectivity index (χ4n) is 2.15. The molecule has 0 saturated carbocycles. The Bertz CT molecular complexity index is 436. The summed E-state index contributed by atoms with van der Waals surface area (Å²) in [4.78, 5) is 22.2. The van der Waals surface area contributed by atoms with E-state index in [1.165, 1.54) is 12.4 Å². The maximum Gasteiger partial charge on any atom is 0.274 e. The summed E-state index contributed by atoms with van der Waals surface area (Å²) in [5.74, 6) is 6.78. The molecule has 1 aromatic rings. The van der Waals surface area contributed by atoms with Crippen molar-refractivity contribution in [1.82, 2.24) is 14.9 Å². The zero-order chi connectivity index (χ0) is 13.1. The molecule has 0 radical (unpaired) electrons. The van der Waals surface area contributed by atoms with Gasteiger partial charge in [0.2, 0.25) is 0 Å². The number of anilines is 1. The number of amides is 1. The molecule has 1 aromatic heterocycles. The number of nitrogens with one attached hydrogen (secondary N) is 1. The highest BCUT2D eigenvalue weighted by Crippen LogP contribution is 2.23. The Balaban J connectivity index is 2.11. The van der Waals surface area contributed by atoms with E-state index < -0.39 is 0 Å². The molecule has 2 unspecified atom stereocenters. The second-order valence-corrected chi connectivity index (χ2v) is 4.93. The molecule has 1 fully saturated rings. The van der Waals surface area contributed by atoms with Crippen LogP contribution in [0, 0.1) is 11.8 Å². The molecule has 6 nitrogen and oxygen atoms in total. The monoisotopic (exact) mass is 249 g/mol. The third kappa shape index (κ3) is 2.59. The molecule has 1 saturated heterocycles. The molecule has 1 aliphatic rings. The maximum atomic E-state index is 12.3. The average molecular weight is 249 g/mol. The van der Waals surface area contributed by atoms with Crippen molar-refractivity contribution in [3.63, 3.8) is 0 Å². The van der Waals surface area contributed by atoms with Crippen LogP contribution in [0.15, 0.2) is 12.4 Å². The summed E-state index contributed by atoms with van der Waals surface area (Å²) in [6.07, 6.45) is 4.00. The van der Waals surface area contributed by atoms with Crippen LogP contribution < -0.4 is 11.3 Å². The van der Waals surface area contributed by atoms with Crippen LogP contribution in [0.1, 0.15) is 30.8 Å². The fraction of sp³-hybridized carbons (Fsp3) is 0.583. The number of aromatic nitrogens is 2. The summed E-state index contributed by atoms with van der Waals surface area (Å²) in [6, 6.07) is 0. The molecular formula is C12H19N5O. The van der Waals surface area contributed by atoms with Gasteiger partial charge in [0.25, 0.3) is 5.91 Å². The van der Waals surface area contributed by atoms with E-state index in [1.807, 2.05) is 4.90 Å². The highest BCUT2D eigenvalue weighted by molar-refractivity contribution is 5.92. The predicted molar refractivity (Wildman–Crippen MR) is 68.7 cm³/mol. The lowest BCUT2D eigenvalue weighted by molar-refractivity contribution is 0.0621. The van der Waals surface area contributed by atoms with Gasteiger partial charge in [-0.25, -0.2) is 10.8 Å². The van der Waals surface area contributed by atoms with E-state index >= 15 is 0 Å². The van der Waals surface area contributed by atoms with Crippen LogP contribution >= 0.6 is 0 Å². The molecule has 0 spiro atoms. The minimum absolute atomic E-state index is 0.0710. The molecule has 98 valence electrons. The number of carbonyl (C=O) groups excluding carboxylic acids is 1. The van der Waals surface area contributed by atoms with Gasteiger partial charge in [0.1, 0.15) is 5.69 Å². The van der Waals surface area contributed by atoms with Crippen molar-refractivity contribution >= 4 is 11.7 Å². The van der Waals surface area contributed by atoms with Crippen molar-refractivity contribution in [3.05, 3.63) is 18.1 Å². The Morgan fingerprint density at radius 2 is 2.22 bits per heavy atom. The first-order valence-corrected chi connectivity index (χ1v) is 6.19. The number of likely N-dealkylation sites (tertiary alicyclic amines) is 1. The zero-order valence-electron chi connectivity index (χ0n) is 10.8. The first-order chi connectivity index (χ1) is 8.61. The lowest BCUT2D eigenvalue weighted by Gasteiger charge is -2.35. The van der Waals surface area contributed by atoms with Gasteiger partial charge in [-0.05, 0) is 18.3 Å². The molecule has 2 atom stereocenters. The molecule has 0 aliphatic carbocycles. The molecule has 3 N–H and O–H groups in total. The third-order valence-corrected chi connectivity index (χ3v) is 3.62. The quantitative estimate of drug-likeness (QED) is 0.600. The van der Waals surface area contributed by atoms with E-state index in [2.05, 4.69) is 29.2 Å². The Kier molecular flexibility index (Phi) is 3.76. The number of nitrogen functional groups attached to an aromatic ring is 1. The minimum atomic E-state index is -0.0710. The van der Waals surface area contributed by atoms with Crippen molar-refractivity contribution in [1.29, 1.82) is 0 Å². The van der Waals surface area contributed by atoms with Crippen molar-refractivity contribution < 1.29 is 4.79 Å². The van der Waals surface area contributed by atoms with Crippen molar-refractivity contribution in [2.45, 2.75) is 20.3 Å². The summed E-state index contributed by atoms with van der Waals surface area (Å²) in [7, 11) is 0. The molecule has 1 aliphatic heterocycles. The van der Waals surface area contributed by atoms with Crippen molar-refractivity contribution in [2.24, 2.45) is 17.7 Å². The summed E-state index contributed by atoms with van der Waals surface area (Å²) in [5, 5.41) is 0. The average Bonchev–Trinajstić information content (AvgIpc) is 2.41. The lowest BCUT2D eigenvalue weighted by atomic mass is 9.88. The molecule has 1 amide bonds. The zero-order valence-corrected chi connectivity index (χ0v) is 10.8. The summed E-state index contributed by atoms with van der Waals surface area (Å²) in [6.45, 7) is 5.97. The number of rotatable bonds is 2. The SMILES string of the molecule is CC1CCN(C(=O)c2cncc(NN)n2)CC1C. The van der Waals surface area contributed by atoms with Gasteiger partial charge in [-0.3, -0.25) is 9.78 Å². The molecule has 18 heavy (non-hydrogen) atoms. The van der Waals surface area contributed by atoms with Gasteiger partial charge in [-0.1, -0.05) is 13.8 Å². The number of hydrogen-bond acceptors (Lipinski definition) is 5. The van der Waals surface area contributed by atoms with E-state index in [0.29, 0.717) is 23.3 Å². The molecule has 0 bridgehead atoms. The number of nitrogens with zero attached hydrogens (tertiary/aromatic N) is 3. The number of hydrogen-bond donors (Lipinski definition) is 2. The minimum Gasteiger partial charge on any atom is -0.337 e. The normalized spacial score (nSPS) is 23.8. The summed E-state index contributed by atoms with van der Waals surface area (Å²) >= 11 is 0. The molecule has 0 aromatic carbocycles. The van der Waals surface area contributed by atoms with Crippen LogP contribution in [-0.2, 0) is 0 Å². The Morgan fingerprint density at radius 1 is 1.44 bits per heavy atom. The third-order valence-electron chi connectivity index (χ3n) is 3.62. The van der Waals surface area contributed by atoms with Gasteiger partial charge in [0.15, 0.2) is 5.82 Å². The van der Waals surface area contributed by atoms with E-state index in [0.717, 1.165) is 19.5 Å². The topological polar surface area (TPSA) is 84.1 Å². The Hall–Kier alpha value is -1.69. The van der Waals surface area contributed by atoms with E-state index in [9.17, 15) is 4.79 Å². The van der Waals surface area contributed by atoms with Gasteiger partial charge in [-0.2, -0.15) is 0 Å². The number of hydrazine groups is 1. The molecule has 2 rings (SSSR count). The van der Waals surface area contributed by atoms with Gasteiger partial charge in [0.05, 0.1) is 12.4 Å². The highest BCUT2D eigenvalue weighted by Gasteiger charge is 2.27. The molecule has 6 heteroatoms. The summed E-state index contributed by atoms with van der Waals surface area (Å²) < 4.78 is 0. The maximum absolute atomic E-state index is 12.3. The summed E-state index contributed by atoms with van der Waals surface area (Å²) in [5.41, 5.74) is 2.74. The molecule has 2 heterocycles. The van der Waals surface area contributed by atoms with Gasteiger partial charge in [0, 0.05) is 13.1 Å². The van der Waals surface area contributed by atoms with Crippen molar-refractivity contribution in [3.8, 4) is 0 Å². The number of nitrogens with two attached hydrogens (primary N) is 1. The van der Waals surface area contributed by atoms with Crippen molar-refractivity contribution in [2.75, 3.05) is 18.5 Å². The van der Waals surface area contributed by atoms with Gasteiger partial charge >= 0.3 is 0 Å². The lowest BCUT2D eigenvalue weighted by Crippen LogP contribution is -2.42. The Morgan fingerprint density at radius 3 is 2.89 bits per heavy atom. The number of carbonyl (C=O) groups is 1. The van der Waals surface area contributed by atoms with E-state index in [4.69, 9.17) is 5.84 Å². The molecular weight excluding hydrogens is 230 g/mol. The fourth-order valence-corrected chi connectivity index (χ4v) is 2.15. The van der Waals surface area contributed by atoms with Crippen LogP contribution in [0.5, 0.6) is 0 Å². The highest BCUT2D eigenvalue weighted by atomic mass is 16.2. The van der Waals surface area contributed by atoms with Crippen LogP contribution in [0.4, 0.5) is 5.82 Å². The van der Waals surface area contributed by atoms with Crippen LogP contribution in [-0.4, -0.2) is 33.9 Å². The van der Waals surface area contributed by atoms with Crippen LogP contribution in [0.25, 0.3) is 0 Å². The second-order valence-electron chi connectivity index (χ2n) is 4.93.